The molecule has 166 valence electrons. The van der Waals surface area contributed by atoms with E-state index in [1.165, 1.54) is 6.20 Å². The number of hydrogen-bond acceptors (Lipinski definition) is 7. The molecular formula is C24H24N2O6. The molecule has 0 saturated carbocycles. The van der Waals surface area contributed by atoms with E-state index < -0.39 is 11.9 Å². The molecule has 0 spiro atoms. The number of anilines is 2. The highest BCUT2D eigenvalue weighted by atomic mass is 16.6. The van der Waals surface area contributed by atoms with Gasteiger partial charge in [-0.2, -0.15) is 0 Å². The maximum atomic E-state index is 13.1. The zero-order chi connectivity index (χ0) is 22.7. The fraction of sp³-hybridized carbons (Fsp3) is 0.292. The summed E-state index contributed by atoms with van der Waals surface area (Å²) >= 11 is 0. The molecule has 0 bridgehead atoms. The average molecular weight is 436 g/mol. The second-order valence-corrected chi connectivity index (χ2v) is 7.28. The van der Waals surface area contributed by atoms with Gasteiger partial charge in [-0.05, 0) is 50.5 Å². The number of esters is 2. The first-order valence-corrected chi connectivity index (χ1v) is 10.6. The number of hydrogen-bond donors (Lipinski definition) is 1. The van der Waals surface area contributed by atoms with Gasteiger partial charge in [-0.1, -0.05) is 12.1 Å². The lowest BCUT2D eigenvalue weighted by molar-refractivity contribution is -0.146. The van der Waals surface area contributed by atoms with Crippen molar-refractivity contribution in [2.75, 3.05) is 30.0 Å². The third kappa shape index (κ3) is 4.03. The van der Waals surface area contributed by atoms with E-state index in [-0.39, 0.29) is 24.7 Å². The molecule has 8 heteroatoms. The van der Waals surface area contributed by atoms with E-state index in [1.54, 1.807) is 36.9 Å². The molecule has 2 aliphatic heterocycles. The summed E-state index contributed by atoms with van der Waals surface area (Å²) in [5, 5.41) is 3.00. The Hall–Kier alpha value is -3.81. The van der Waals surface area contributed by atoms with Gasteiger partial charge in [0.05, 0.1) is 24.5 Å². The molecule has 0 atom stereocenters. The second kappa shape index (κ2) is 9.13. The number of aryl methyl sites for hydroxylation is 1. The van der Waals surface area contributed by atoms with Gasteiger partial charge in [0, 0.05) is 24.5 Å². The minimum Gasteiger partial charge on any atom is -0.462 e. The first kappa shape index (κ1) is 21.4. The van der Waals surface area contributed by atoms with E-state index >= 15 is 0 Å². The zero-order valence-electron chi connectivity index (χ0n) is 18.0. The molecule has 2 heterocycles. The average Bonchev–Trinajstić information content (AvgIpc) is 2.90. The minimum absolute atomic E-state index is 0.0900. The molecule has 1 amide bonds. The fourth-order valence-electron chi connectivity index (χ4n) is 3.84. The molecule has 2 aromatic rings. The molecule has 1 N–H and O–H groups in total. The molecule has 2 aliphatic rings. The van der Waals surface area contributed by atoms with Gasteiger partial charge in [-0.3, -0.25) is 4.79 Å². The maximum Gasteiger partial charge on any atom is 0.347 e. The van der Waals surface area contributed by atoms with E-state index in [9.17, 15) is 14.4 Å². The van der Waals surface area contributed by atoms with Gasteiger partial charge in [0.25, 0.3) is 5.91 Å². The van der Waals surface area contributed by atoms with Crippen LogP contribution in [0, 0.1) is 0 Å². The monoisotopic (exact) mass is 436 g/mol. The number of amides is 1. The minimum atomic E-state index is -0.767. The predicted molar refractivity (Wildman–Crippen MR) is 118 cm³/mol. The topological polar surface area (TPSA) is 94.2 Å². The van der Waals surface area contributed by atoms with E-state index in [2.05, 4.69) is 5.32 Å². The number of ether oxygens (including phenoxy) is 3. The van der Waals surface area contributed by atoms with Crippen LogP contribution < -0.4 is 15.0 Å². The van der Waals surface area contributed by atoms with Crippen molar-refractivity contribution in [3.05, 3.63) is 59.3 Å². The van der Waals surface area contributed by atoms with Crippen LogP contribution in [0.5, 0.6) is 11.5 Å². The summed E-state index contributed by atoms with van der Waals surface area (Å²) < 4.78 is 16.1. The van der Waals surface area contributed by atoms with Crippen LogP contribution in [0.15, 0.2) is 48.2 Å². The van der Waals surface area contributed by atoms with Gasteiger partial charge >= 0.3 is 11.9 Å². The molecule has 8 nitrogen and oxygen atoms in total. The predicted octanol–water partition coefficient (Wildman–Crippen LogP) is 3.81. The maximum absolute atomic E-state index is 13.1. The Balaban J connectivity index is 1.72. The van der Waals surface area contributed by atoms with Crippen LogP contribution in [0.1, 0.15) is 36.2 Å². The summed E-state index contributed by atoms with van der Waals surface area (Å²) in [7, 11) is 0. The Morgan fingerprint density at radius 3 is 2.53 bits per heavy atom. The Kier molecular flexibility index (Phi) is 6.11. The highest BCUT2D eigenvalue weighted by molar-refractivity contribution is 6.14. The van der Waals surface area contributed by atoms with Crippen molar-refractivity contribution in [2.24, 2.45) is 0 Å². The third-order valence-corrected chi connectivity index (χ3v) is 5.21. The summed E-state index contributed by atoms with van der Waals surface area (Å²) in [5.74, 6) is -0.605. The number of rotatable bonds is 6. The smallest absolute Gasteiger partial charge is 0.347 e. The molecule has 0 aliphatic carbocycles. The molecule has 0 radical (unpaired) electrons. The summed E-state index contributed by atoms with van der Waals surface area (Å²) in [5.41, 5.74) is 2.58. The van der Waals surface area contributed by atoms with E-state index in [4.69, 9.17) is 14.2 Å². The number of nitrogens with zero attached hydrogens (tertiary/aromatic N) is 1. The number of fused-ring (bicyclic) bond motifs is 1. The van der Waals surface area contributed by atoms with Crippen LogP contribution in [0.2, 0.25) is 0 Å². The van der Waals surface area contributed by atoms with Crippen LogP contribution in [-0.2, 0) is 25.5 Å². The Labute approximate surface area is 185 Å². The molecule has 32 heavy (non-hydrogen) atoms. The van der Waals surface area contributed by atoms with Gasteiger partial charge in [-0.25, -0.2) is 9.59 Å². The first-order valence-electron chi connectivity index (χ1n) is 10.6. The van der Waals surface area contributed by atoms with Crippen molar-refractivity contribution in [1.29, 1.82) is 0 Å². The molecular weight excluding hydrogens is 412 g/mol. The van der Waals surface area contributed by atoms with Crippen LogP contribution in [0.4, 0.5) is 11.4 Å². The Morgan fingerprint density at radius 2 is 1.81 bits per heavy atom. The number of benzene rings is 2. The third-order valence-electron chi connectivity index (χ3n) is 5.21. The van der Waals surface area contributed by atoms with Crippen molar-refractivity contribution >= 4 is 29.2 Å². The number of carbonyl (C=O) groups excluding carboxylic acids is 3. The lowest BCUT2D eigenvalue weighted by Gasteiger charge is -2.29. The van der Waals surface area contributed by atoms with E-state index in [0.717, 1.165) is 24.1 Å². The number of nitrogens with one attached hydrogen (secondary N) is 1. The van der Waals surface area contributed by atoms with Crippen molar-refractivity contribution < 1.29 is 28.6 Å². The second-order valence-electron chi connectivity index (χ2n) is 7.28. The molecule has 0 unspecified atom stereocenters. The van der Waals surface area contributed by atoms with E-state index in [0.29, 0.717) is 29.3 Å². The largest absolute Gasteiger partial charge is 0.462 e. The van der Waals surface area contributed by atoms with Crippen LogP contribution in [-0.4, -0.2) is 37.6 Å². The van der Waals surface area contributed by atoms with Gasteiger partial charge in [-0.15, -0.1) is 0 Å². The highest BCUT2D eigenvalue weighted by Gasteiger charge is 2.32. The van der Waals surface area contributed by atoms with Gasteiger partial charge < -0.3 is 24.4 Å². The van der Waals surface area contributed by atoms with Gasteiger partial charge in [0.15, 0.2) is 11.3 Å². The Morgan fingerprint density at radius 1 is 1.09 bits per heavy atom. The molecule has 0 fully saturated rings. The number of para-hydroxylation sites is 1. The van der Waals surface area contributed by atoms with Crippen LogP contribution >= 0.6 is 0 Å². The quantitative estimate of drug-likeness (QED) is 0.318. The highest BCUT2D eigenvalue weighted by Crippen LogP contribution is 2.45. The number of carbonyl (C=O) groups is 3. The van der Waals surface area contributed by atoms with Gasteiger partial charge in [0.2, 0.25) is 0 Å². The fourth-order valence-corrected chi connectivity index (χ4v) is 3.84. The van der Waals surface area contributed by atoms with Gasteiger partial charge in [0.1, 0.15) is 5.75 Å². The molecule has 2 aromatic carbocycles. The van der Waals surface area contributed by atoms with Crippen LogP contribution in [0.3, 0.4) is 0 Å². The standard InChI is InChI=1S/C24H24N2O6/c1-3-30-23(28)18(24(29)31-4-2)14-25-16-12-15-8-7-11-26-21(15)20(13-16)32-19-10-6-5-9-17(19)22(26)27/h5-6,9-10,12-14,25H,3-4,7-8,11H2,1-2H3. The lowest BCUT2D eigenvalue weighted by Crippen LogP contribution is -2.34. The normalized spacial score (nSPS) is 13.7. The lowest BCUT2D eigenvalue weighted by atomic mass is 9.99. The van der Waals surface area contributed by atoms with Crippen LogP contribution in [0.25, 0.3) is 0 Å². The molecule has 0 saturated heterocycles. The summed E-state index contributed by atoms with van der Waals surface area (Å²) in [6, 6.07) is 10.8. The zero-order valence-corrected chi connectivity index (χ0v) is 18.0. The first-order chi connectivity index (χ1) is 15.5. The molecule has 0 aromatic heterocycles. The van der Waals surface area contributed by atoms with Crippen molar-refractivity contribution in [2.45, 2.75) is 26.7 Å². The van der Waals surface area contributed by atoms with E-state index in [1.807, 2.05) is 18.2 Å². The molecule has 4 rings (SSSR count). The summed E-state index contributed by atoms with van der Waals surface area (Å²) in [4.78, 5) is 39.3. The van der Waals surface area contributed by atoms with Crippen molar-refractivity contribution in [3.63, 3.8) is 0 Å². The summed E-state index contributed by atoms with van der Waals surface area (Å²) in [6.07, 6.45) is 2.87. The van der Waals surface area contributed by atoms with Crippen molar-refractivity contribution in [1.82, 2.24) is 0 Å². The van der Waals surface area contributed by atoms with Crippen molar-refractivity contribution in [3.8, 4) is 11.5 Å². The Bertz CT molecular complexity index is 1090. The SMILES string of the molecule is CCOC(=O)C(=CNc1cc2c3c(c1)Oc1ccccc1C(=O)N3CCC2)C(=O)OCC. The summed E-state index contributed by atoms with van der Waals surface area (Å²) in [6.45, 7) is 4.20.